The van der Waals surface area contributed by atoms with Gasteiger partial charge in [0.15, 0.2) is 0 Å². The van der Waals surface area contributed by atoms with E-state index in [0.717, 1.165) is 44.5 Å². The van der Waals surface area contributed by atoms with E-state index in [1.807, 2.05) is 25.4 Å². The predicted molar refractivity (Wildman–Crippen MR) is 90.9 cm³/mol. The maximum Gasteiger partial charge on any atom is 0.228 e. The van der Waals surface area contributed by atoms with E-state index in [0.29, 0.717) is 0 Å². The van der Waals surface area contributed by atoms with Gasteiger partial charge in [-0.1, -0.05) is 6.07 Å². The molecule has 7 heteroatoms. The van der Waals surface area contributed by atoms with Gasteiger partial charge < -0.3 is 5.32 Å². The summed E-state index contributed by atoms with van der Waals surface area (Å²) in [4.78, 5) is 11.9. The minimum Gasteiger partial charge on any atom is -0.315 e. The second kappa shape index (κ2) is 5.17. The van der Waals surface area contributed by atoms with E-state index in [2.05, 4.69) is 36.8 Å². The first-order chi connectivity index (χ1) is 10.6. The number of anilines is 1. The number of benzene rings is 1. The van der Waals surface area contributed by atoms with Crippen LogP contribution in [0.1, 0.15) is 12.8 Å². The van der Waals surface area contributed by atoms with Crippen molar-refractivity contribution in [2.75, 3.05) is 5.32 Å². The van der Waals surface area contributed by atoms with Crippen LogP contribution < -0.4 is 5.32 Å². The first kappa shape index (κ1) is 13.9. The van der Waals surface area contributed by atoms with Crippen molar-refractivity contribution in [3.63, 3.8) is 0 Å². The third kappa shape index (κ3) is 2.44. The summed E-state index contributed by atoms with van der Waals surface area (Å²) in [6, 6.07) is 6.05. The normalized spacial score (nSPS) is 14.5. The molecule has 1 aliphatic rings. The van der Waals surface area contributed by atoms with Gasteiger partial charge in [0.25, 0.3) is 0 Å². The molecule has 1 saturated carbocycles. The van der Waals surface area contributed by atoms with Crippen LogP contribution in [-0.2, 0) is 11.8 Å². The van der Waals surface area contributed by atoms with E-state index in [-0.39, 0.29) is 11.8 Å². The molecule has 3 aromatic rings. The molecule has 2 aromatic heterocycles. The Labute approximate surface area is 139 Å². The second-order valence-corrected chi connectivity index (χ2v) is 7.08. The highest BCUT2D eigenvalue weighted by atomic mass is 79.9. The standard InChI is InChI=1S/C15H13BrN4OS/c1-20-7-10-6-9(4-5-11(10)18-20)13-12(16)15(22-19-13)17-14(21)8-2-3-8/h4-8H,2-3H2,1H3,(H,17,21). The van der Waals surface area contributed by atoms with Crippen LogP contribution in [0.5, 0.6) is 0 Å². The van der Waals surface area contributed by atoms with Gasteiger partial charge in [-0.25, -0.2) is 0 Å². The Morgan fingerprint density at radius 2 is 2.27 bits per heavy atom. The average Bonchev–Trinajstić information content (AvgIpc) is 3.19. The van der Waals surface area contributed by atoms with Crippen molar-refractivity contribution in [3.8, 4) is 11.3 Å². The van der Waals surface area contributed by atoms with Crippen LogP contribution in [-0.4, -0.2) is 20.1 Å². The Morgan fingerprint density at radius 3 is 3.05 bits per heavy atom. The quantitative estimate of drug-likeness (QED) is 0.755. The molecule has 1 amide bonds. The molecule has 112 valence electrons. The molecule has 0 spiro atoms. The van der Waals surface area contributed by atoms with Crippen LogP contribution >= 0.6 is 27.5 Å². The smallest absolute Gasteiger partial charge is 0.228 e. The van der Waals surface area contributed by atoms with Crippen LogP contribution in [0.3, 0.4) is 0 Å². The fourth-order valence-electron chi connectivity index (χ4n) is 2.39. The lowest BCUT2D eigenvalue weighted by molar-refractivity contribution is -0.117. The Bertz CT molecular complexity index is 881. The van der Waals surface area contributed by atoms with E-state index in [1.54, 1.807) is 4.68 Å². The van der Waals surface area contributed by atoms with Gasteiger partial charge in [-0.05, 0) is 52.4 Å². The zero-order valence-corrected chi connectivity index (χ0v) is 14.2. The summed E-state index contributed by atoms with van der Waals surface area (Å²) in [5, 5.41) is 9.18. The van der Waals surface area contributed by atoms with Crippen LogP contribution in [0, 0.1) is 5.92 Å². The van der Waals surface area contributed by atoms with Crippen molar-refractivity contribution in [2.24, 2.45) is 13.0 Å². The number of carbonyl (C=O) groups excluding carboxylic acids is 1. The molecule has 2 heterocycles. The van der Waals surface area contributed by atoms with E-state index in [9.17, 15) is 4.79 Å². The summed E-state index contributed by atoms with van der Waals surface area (Å²) in [7, 11) is 1.91. The fraction of sp³-hybridized carbons (Fsp3) is 0.267. The van der Waals surface area contributed by atoms with Gasteiger partial charge in [0.05, 0.1) is 9.99 Å². The molecule has 0 radical (unpaired) electrons. The SMILES string of the molecule is Cn1cc2cc(-c3nsc(NC(=O)C4CC4)c3Br)ccc2n1. The number of carbonyl (C=O) groups is 1. The van der Waals surface area contributed by atoms with Gasteiger partial charge >= 0.3 is 0 Å². The minimum atomic E-state index is 0.0959. The molecule has 22 heavy (non-hydrogen) atoms. The van der Waals surface area contributed by atoms with Gasteiger partial charge in [0, 0.05) is 30.1 Å². The van der Waals surface area contributed by atoms with Crippen LogP contribution in [0.4, 0.5) is 5.00 Å². The van der Waals surface area contributed by atoms with Gasteiger partial charge in [0.1, 0.15) is 10.7 Å². The third-order valence-electron chi connectivity index (χ3n) is 3.71. The number of nitrogens with zero attached hydrogens (tertiary/aromatic N) is 3. The average molecular weight is 377 g/mol. The number of hydrogen-bond acceptors (Lipinski definition) is 4. The molecule has 0 saturated heterocycles. The lowest BCUT2D eigenvalue weighted by Crippen LogP contribution is -2.12. The van der Waals surface area contributed by atoms with Crippen molar-refractivity contribution in [1.82, 2.24) is 14.2 Å². The summed E-state index contributed by atoms with van der Waals surface area (Å²) in [5.41, 5.74) is 2.82. The minimum absolute atomic E-state index is 0.0959. The molecular formula is C15H13BrN4OS. The third-order valence-corrected chi connectivity index (χ3v) is 5.51. The topological polar surface area (TPSA) is 59.8 Å². The van der Waals surface area contributed by atoms with Crippen molar-refractivity contribution >= 4 is 49.3 Å². The summed E-state index contributed by atoms with van der Waals surface area (Å²) in [6.45, 7) is 0. The maximum atomic E-state index is 11.9. The van der Waals surface area contributed by atoms with Crippen LogP contribution in [0.25, 0.3) is 22.2 Å². The molecule has 0 aliphatic heterocycles. The van der Waals surface area contributed by atoms with Crippen LogP contribution in [0.2, 0.25) is 0 Å². The molecule has 5 nitrogen and oxygen atoms in total. The molecular weight excluding hydrogens is 364 g/mol. The van der Waals surface area contributed by atoms with Crippen molar-refractivity contribution < 1.29 is 4.79 Å². The highest BCUT2D eigenvalue weighted by Crippen LogP contribution is 2.39. The first-order valence-electron chi connectivity index (χ1n) is 7.01. The monoisotopic (exact) mass is 376 g/mol. The fourth-order valence-corrected chi connectivity index (χ4v) is 3.85. The van der Waals surface area contributed by atoms with Crippen molar-refractivity contribution in [1.29, 1.82) is 0 Å². The number of rotatable bonds is 3. The lowest BCUT2D eigenvalue weighted by Gasteiger charge is -2.02. The Hall–Kier alpha value is -1.73. The zero-order chi connectivity index (χ0) is 15.3. The van der Waals surface area contributed by atoms with E-state index >= 15 is 0 Å². The number of fused-ring (bicyclic) bond motifs is 1. The Morgan fingerprint density at radius 1 is 1.45 bits per heavy atom. The molecule has 1 aliphatic carbocycles. The highest BCUT2D eigenvalue weighted by Gasteiger charge is 2.30. The molecule has 0 atom stereocenters. The van der Waals surface area contributed by atoms with Crippen molar-refractivity contribution in [2.45, 2.75) is 12.8 Å². The molecule has 0 unspecified atom stereocenters. The molecule has 0 bridgehead atoms. The van der Waals surface area contributed by atoms with Crippen LogP contribution in [0.15, 0.2) is 28.9 Å². The number of nitrogens with one attached hydrogen (secondary N) is 1. The number of aryl methyl sites for hydroxylation is 1. The maximum absolute atomic E-state index is 11.9. The number of hydrogen-bond donors (Lipinski definition) is 1. The summed E-state index contributed by atoms with van der Waals surface area (Å²) >= 11 is 4.87. The summed E-state index contributed by atoms with van der Waals surface area (Å²) in [5.74, 6) is 0.280. The lowest BCUT2D eigenvalue weighted by atomic mass is 10.1. The van der Waals surface area contributed by atoms with Crippen molar-refractivity contribution in [3.05, 3.63) is 28.9 Å². The molecule has 1 N–H and O–H groups in total. The van der Waals surface area contributed by atoms with Gasteiger partial charge in [-0.3, -0.25) is 9.48 Å². The Kier molecular flexibility index (Phi) is 3.27. The first-order valence-corrected chi connectivity index (χ1v) is 8.58. The van der Waals surface area contributed by atoms with E-state index in [1.165, 1.54) is 11.5 Å². The predicted octanol–water partition coefficient (Wildman–Crippen LogP) is 3.81. The summed E-state index contributed by atoms with van der Waals surface area (Å²) in [6.07, 6.45) is 3.97. The van der Waals surface area contributed by atoms with Gasteiger partial charge in [-0.15, -0.1) is 0 Å². The second-order valence-electron chi connectivity index (χ2n) is 5.51. The van der Waals surface area contributed by atoms with Gasteiger partial charge in [0.2, 0.25) is 5.91 Å². The molecule has 1 fully saturated rings. The zero-order valence-electron chi connectivity index (χ0n) is 11.8. The number of aromatic nitrogens is 3. The van der Waals surface area contributed by atoms with E-state index in [4.69, 9.17) is 0 Å². The summed E-state index contributed by atoms with van der Waals surface area (Å²) < 4.78 is 7.13. The number of amides is 1. The van der Waals surface area contributed by atoms with Gasteiger partial charge in [-0.2, -0.15) is 9.47 Å². The molecule has 1 aromatic carbocycles. The largest absolute Gasteiger partial charge is 0.315 e. The molecule has 4 rings (SSSR count). The van der Waals surface area contributed by atoms with E-state index < -0.39 is 0 Å². The number of halogens is 1. The Balaban J connectivity index is 1.68. The highest BCUT2D eigenvalue weighted by molar-refractivity contribution is 9.10.